The Morgan fingerprint density at radius 1 is 1.59 bits per heavy atom. The molecule has 90 valence electrons. The van der Waals surface area contributed by atoms with E-state index in [1.54, 1.807) is 17.5 Å². The molecule has 0 fully saturated rings. The highest BCUT2D eigenvalue weighted by Crippen LogP contribution is 2.19. The average Bonchev–Trinajstić information content (AvgIpc) is 2.81. The molecule has 17 heavy (non-hydrogen) atoms. The summed E-state index contributed by atoms with van der Waals surface area (Å²) in [5, 5.41) is 16.8. The second-order valence-corrected chi connectivity index (χ2v) is 4.68. The van der Waals surface area contributed by atoms with Crippen molar-refractivity contribution in [2.75, 3.05) is 17.6 Å². The predicted molar refractivity (Wildman–Crippen MR) is 71.2 cm³/mol. The summed E-state index contributed by atoms with van der Waals surface area (Å²) in [5.41, 5.74) is 8.35. The van der Waals surface area contributed by atoms with Gasteiger partial charge in [0.25, 0.3) is 0 Å². The molecule has 0 spiro atoms. The fourth-order valence-electron chi connectivity index (χ4n) is 1.52. The fourth-order valence-corrected chi connectivity index (χ4v) is 2.22. The molecule has 1 atom stereocenters. The molecule has 0 saturated carbocycles. The number of aliphatic hydroxyl groups is 1. The summed E-state index contributed by atoms with van der Waals surface area (Å²) < 4.78 is 0. The minimum atomic E-state index is -0.538. The topological polar surface area (TPSA) is 71.2 Å². The molecule has 0 saturated heterocycles. The van der Waals surface area contributed by atoms with Crippen molar-refractivity contribution in [2.24, 2.45) is 0 Å². The molecule has 2 aromatic heterocycles. The van der Waals surface area contributed by atoms with Gasteiger partial charge in [-0.1, -0.05) is 0 Å². The van der Waals surface area contributed by atoms with E-state index < -0.39 is 6.10 Å². The molecule has 0 aliphatic rings. The molecule has 0 radical (unpaired) electrons. The number of aliphatic hydroxyl groups excluding tert-OH is 1. The van der Waals surface area contributed by atoms with Crippen molar-refractivity contribution in [3.8, 4) is 0 Å². The number of nitrogens with zero attached hydrogens (tertiary/aromatic N) is 1. The molecule has 0 bridgehead atoms. The number of nitrogens with two attached hydrogens (primary N) is 1. The largest absolute Gasteiger partial charge is 0.396 e. The first-order valence-corrected chi connectivity index (χ1v) is 6.27. The maximum Gasteiger partial charge on any atom is 0.149 e. The summed E-state index contributed by atoms with van der Waals surface area (Å²) in [6, 6.07) is 3.76. The quantitative estimate of drug-likeness (QED) is 0.776. The van der Waals surface area contributed by atoms with Gasteiger partial charge in [-0.3, -0.25) is 0 Å². The van der Waals surface area contributed by atoms with Gasteiger partial charge < -0.3 is 16.2 Å². The van der Waals surface area contributed by atoms with Crippen LogP contribution in [0.1, 0.15) is 17.2 Å². The highest BCUT2D eigenvalue weighted by Gasteiger charge is 2.08. The average molecular weight is 249 g/mol. The van der Waals surface area contributed by atoms with Gasteiger partial charge in [0.05, 0.1) is 11.8 Å². The lowest BCUT2D eigenvalue weighted by Crippen LogP contribution is -2.13. The maximum absolute atomic E-state index is 9.89. The van der Waals surface area contributed by atoms with Gasteiger partial charge in [0.15, 0.2) is 0 Å². The van der Waals surface area contributed by atoms with E-state index in [1.165, 1.54) is 0 Å². The third-order valence-corrected chi connectivity index (χ3v) is 3.15. The zero-order valence-corrected chi connectivity index (χ0v) is 10.4. The van der Waals surface area contributed by atoms with E-state index in [0.717, 1.165) is 11.1 Å². The van der Waals surface area contributed by atoms with E-state index in [2.05, 4.69) is 10.3 Å². The van der Waals surface area contributed by atoms with Crippen LogP contribution in [0.25, 0.3) is 0 Å². The molecule has 4 N–H and O–H groups in total. The Bertz CT molecular complexity index is 485. The Morgan fingerprint density at radius 2 is 2.41 bits per heavy atom. The zero-order valence-electron chi connectivity index (χ0n) is 9.55. The molecule has 0 aromatic carbocycles. The van der Waals surface area contributed by atoms with Crippen LogP contribution in [0, 0.1) is 6.92 Å². The fraction of sp³-hybridized carbons (Fsp3) is 0.250. The number of aryl methyl sites for hydroxylation is 1. The van der Waals surface area contributed by atoms with Gasteiger partial charge in [-0.2, -0.15) is 11.3 Å². The van der Waals surface area contributed by atoms with Gasteiger partial charge in [-0.05, 0) is 40.9 Å². The summed E-state index contributed by atoms with van der Waals surface area (Å²) in [7, 11) is 0. The van der Waals surface area contributed by atoms with Crippen LogP contribution >= 0.6 is 11.3 Å². The van der Waals surface area contributed by atoms with Crippen molar-refractivity contribution in [1.29, 1.82) is 0 Å². The first-order chi connectivity index (χ1) is 8.16. The molecule has 2 aromatic rings. The van der Waals surface area contributed by atoms with Crippen LogP contribution < -0.4 is 11.1 Å². The van der Waals surface area contributed by atoms with E-state index in [0.29, 0.717) is 18.1 Å². The standard InChI is InChI=1S/C12H15N3OS/c1-8-4-10(13)12(14-5-8)15-6-11(16)9-2-3-17-7-9/h2-5,7,11,16H,6,13H2,1H3,(H,14,15). The normalized spacial score (nSPS) is 12.4. The number of aromatic nitrogens is 1. The van der Waals surface area contributed by atoms with Crippen molar-refractivity contribution in [2.45, 2.75) is 13.0 Å². The van der Waals surface area contributed by atoms with Crippen molar-refractivity contribution < 1.29 is 5.11 Å². The van der Waals surface area contributed by atoms with Gasteiger partial charge in [0, 0.05) is 12.7 Å². The van der Waals surface area contributed by atoms with E-state index in [9.17, 15) is 5.11 Å². The van der Waals surface area contributed by atoms with E-state index in [4.69, 9.17) is 5.73 Å². The Kier molecular flexibility index (Phi) is 3.61. The van der Waals surface area contributed by atoms with Crippen LogP contribution in [0.4, 0.5) is 11.5 Å². The summed E-state index contributed by atoms with van der Waals surface area (Å²) in [5.74, 6) is 0.616. The minimum Gasteiger partial charge on any atom is -0.396 e. The van der Waals surface area contributed by atoms with Crippen LogP contribution in [0.3, 0.4) is 0 Å². The maximum atomic E-state index is 9.89. The summed E-state index contributed by atoms with van der Waals surface area (Å²) in [6.07, 6.45) is 1.21. The van der Waals surface area contributed by atoms with Crippen LogP contribution in [0.15, 0.2) is 29.1 Å². The number of thiophene rings is 1. The van der Waals surface area contributed by atoms with Gasteiger partial charge in [0.1, 0.15) is 5.82 Å². The SMILES string of the molecule is Cc1cnc(NCC(O)c2ccsc2)c(N)c1. The first-order valence-electron chi connectivity index (χ1n) is 5.33. The molecule has 1 unspecified atom stereocenters. The second-order valence-electron chi connectivity index (χ2n) is 3.90. The third-order valence-electron chi connectivity index (χ3n) is 2.44. The first kappa shape index (κ1) is 11.9. The van der Waals surface area contributed by atoms with Gasteiger partial charge in [-0.15, -0.1) is 0 Å². The van der Waals surface area contributed by atoms with Gasteiger partial charge >= 0.3 is 0 Å². The van der Waals surface area contributed by atoms with Crippen molar-refractivity contribution in [3.05, 3.63) is 40.2 Å². The number of hydrogen-bond donors (Lipinski definition) is 3. The van der Waals surface area contributed by atoms with Crippen LogP contribution in [-0.4, -0.2) is 16.6 Å². The molecular weight excluding hydrogens is 234 g/mol. The van der Waals surface area contributed by atoms with E-state index in [1.807, 2.05) is 29.8 Å². The Balaban J connectivity index is 1.98. The number of pyridine rings is 1. The Hall–Kier alpha value is -1.59. The highest BCUT2D eigenvalue weighted by molar-refractivity contribution is 7.07. The smallest absolute Gasteiger partial charge is 0.149 e. The molecule has 5 heteroatoms. The van der Waals surface area contributed by atoms with Gasteiger partial charge in [0.2, 0.25) is 0 Å². The number of rotatable bonds is 4. The Morgan fingerprint density at radius 3 is 3.06 bits per heavy atom. The molecular formula is C12H15N3OS. The minimum absolute atomic E-state index is 0.400. The molecule has 2 rings (SSSR count). The van der Waals surface area contributed by atoms with Gasteiger partial charge in [-0.25, -0.2) is 4.98 Å². The van der Waals surface area contributed by atoms with Crippen LogP contribution in [0.5, 0.6) is 0 Å². The third kappa shape index (κ3) is 2.95. The van der Waals surface area contributed by atoms with E-state index >= 15 is 0 Å². The molecule has 0 aliphatic heterocycles. The molecule has 4 nitrogen and oxygen atoms in total. The van der Waals surface area contributed by atoms with Crippen LogP contribution in [0.2, 0.25) is 0 Å². The lowest BCUT2D eigenvalue weighted by molar-refractivity contribution is 0.192. The zero-order chi connectivity index (χ0) is 12.3. The number of nitrogen functional groups attached to an aromatic ring is 1. The predicted octanol–water partition coefficient (Wildman–Crippen LogP) is 2.18. The molecule has 0 aliphatic carbocycles. The van der Waals surface area contributed by atoms with E-state index in [-0.39, 0.29) is 0 Å². The number of anilines is 2. The monoisotopic (exact) mass is 249 g/mol. The van der Waals surface area contributed by atoms with Crippen molar-refractivity contribution in [3.63, 3.8) is 0 Å². The molecule has 2 heterocycles. The number of hydrogen-bond acceptors (Lipinski definition) is 5. The number of nitrogens with one attached hydrogen (secondary N) is 1. The highest BCUT2D eigenvalue weighted by atomic mass is 32.1. The summed E-state index contributed by atoms with van der Waals surface area (Å²) in [4.78, 5) is 4.19. The summed E-state index contributed by atoms with van der Waals surface area (Å²) in [6.45, 7) is 2.34. The molecule has 0 amide bonds. The Labute approximate surface area is 104 Å². The van der Waals surface area contributed by atoms with Crippen molar-refractivity contribution >= 4 is 22.8 Å². The van der Waals surface area contributed by atoms with Crippen molar-refractivity contribution in [1.82, 2.24) is 4.98 Å². The summed E-state index contributed by atoms with van der Waals surface area (Å²) >= 11 is 1.57. The lowest BCUT2D eigenvalue weighted by Gasteiger charge is -2.12. The van der Waals surface area contributed by atoms with Crippen LogP contribution in [-0.2, 0) is 0 Å². The second kappa shape index (κ2) is 5.16. The lowest BCUT2D eigenvalue weighted by atomic mass is 10.2.